The van der Waals surface area contributed by atoms with Gasteiger partial charge in [0.1, 0.15) is 5.76 Å². The van der Waals surface area contributed by atoms with E-state index in [9.17, 15) is 0 Å². The smallest absolute Gasteiger partial charge is 0.115 e. The summed E-state index contributed by atoms with van der Waals surface area (Å²) >= 11 is 0. The van der Waals surface area contributed by atoms with Gasteiger partial charge in [0.15, 0.2) is 0 Å². The van der Waals surface area contributed by atoms with E-state index in [0.29, 0.717) is 5.92 Å². The highest BCUT2D eigenvalue weighted by Gasteiger charge is 2.09. The normalized spacial score (nSPS) is 19.3. The molecule has 2 rings (SSSR count). The molecule has 0 N–H and O–H groups in total. The zero-order valence-corrected chi connectivity index (χ0v) is 9.73. The van der Waals surface area contributed by atoms with Crippen LogP contribution in [0.1, 0.15) is 18.9 Å². The molecule has 0 bridgehead atoms. The lowest BCUT2D eigenvalue weighted by Crippen LogP contribution is -2.05. The van der Waals surface area contributed by atoms with Gasteiger partial charge in [-0.2, -0.15) is 0 Å². The molecule has 16 heavy (non-hydrogen) atoms. The van der Waals surface area contributed by atoms with E-state index < -0.39 is 0 Å². The molecule has 1 aliphatic carbocycles. The molecule has 1 unspecified atom stereocenters. The van der Waals surface area contributed by atoms with Gasteiger partial charge in [-0.15, -0.1) is 0 Å². The van der Waals surface area contributed by atoms with Crippen LogP contribution in [0.3, 0.4) is 0 Å². The van der Waals surface area contributed by atoms with Crippen LogP contribution in [0.4, 0.5) is 0 Å². The standard InChI is InChI=1S/C15H18O/c1-2-16-15-10-8-14(9-11-15)12-13-6-4-3-5-7-13/h3-8,10-11,14H,2,9,12H2,1H3. The Morgan fingerprint density at radius 3 is 2.69 bits per heavy atom. The average molecular weight is 214 g/mol. The van der Waals surface area contributed by atoms with Crippen LogP contribution >= 0.6 is 0 Å². The first-order chi connectivity index (χ1) is 7.88. The van der Waals surface area contributed by atoms with E-state index in [1.807, 2.05) is 6.92 Å². The Labute approximate surface area is 97.4 Å². The predicted molar refractivity (Wildman–Crippen MR) is 67.1 cm³/mol. The van der Waals surface area contributed by atoms with Gasteiger partial charge in [-0.1, -0.05) is 36.4 Å². The second-order valence-electron chi connectivity index (χ2n) is 4.08. The monoisotopic (exact) mass is 214 g/mol. The first-order valence-electron chi connectivity index (χ1n) is 5.93. The van der Waals surface area contributed by atoms with Gasteiger partial charge in [0.05, 0.1) is 6.61 Å². The van der Waals surface area contributed by atoms with Crippen LogP contribution in [-0.4, -0.2) is 6.61 Å². The molecule has 0 aliphatic heterocycles. The fourth-order valence-electron chi connectivity index (χ4n) is 1.99. The van der Waals surface area contributed by atoms with Gasteiger partial charge in [0.2, 0.25) is 0 Å². The first kappa shape index (κ1) is 11.0. The Morgan fingerprint density at radius 2 is 2.06 bits per heavy atom. The topological polar surface area (TPSA) is 9.23 Å². The number of hydrogen-bond donors (Lipinski definition) is 0. The van der Waals surface area contributed by atoms with Crippen LogP contribution in [0.5, 0.6) is 0 Å². The SMILES string of the molecule is CCOC1=CCC(Cc2ccccc2)C=C1. The van der Waals surface area contributed by atoms with Crippen molar-refractivity contribution in [3.63, 3.8) is 0 Å². The highest BCUT2D eigenvalue weighted by molar-refractivity contribution is 5.22. The molecule has 0 fully saturated rings. The summed E-state index contributed by atoms with van der Waals surface area (Å²) in [6, 6.07) is 10.6. The average Bonchev–Trinajstić information content (AvgIpc) is 2.33. The van der Waals surface area contributed by atoms with E-state index in [-0.39, 0.29) is 0 Å². The lowest BCUT2D eigenvalue weighted by molar-refractivity contribution is 0.238. The molecule has 0 aromatic heterocycles. The van der Waals surface area contributed by atoms with Crippen molar-refractivity contribution in [2.45, 2.75) is 19.8 Å². The number of rotatable bonds is 4. The third kappa shape index (κ3) is 2.99. The summed E-state index contributed by atoms with van der Waals surface area (Å²) in [5, 5.41) is 0. The van der Waals surface area contributed by atoms with Gasteiger partial charge >= 0.3 is 0 Å². The van der Waals surface area contributed by atoms with E-state index in [2.05, 4.69) is 48.6 Å². The summed E-state index contributed by atoms with van der Waals surface area (Å²) < 4.78 is 5.46. The number of allylic oxidation sites excluding steroid dienone is 3. The van der Waals surface area contributed by atoms with Crippen LogP contribution < -0.4 is 0 Å². The molecule has 0 saturated carbocycles. The Morgan fingerprint density at radius 1 is 1.25 bits per heavy atom. The van der Waals surface area contributed by atoms with E-state index in [1.54, 1.807) is 0 Å². The fourth-order valence-corrected chi connectivity index (χ4v) is 1.99. The van der Waals surface area contributed by atoms with Crippen LogP contribution in [-0.2, 0) is 11.2 Å². The predicted octanol–water partition coefficient (Wildman–Crippen LogP) is 3.73. The van der Waals surface area contributed by atoms with E-state index in [0.717, 1.165) is 25.2 Å². The summed E-state index contributed by atoms with van der Waals surface area (Å²) in [5.41, 5.74) is 1.41. The van der Waals surface area contributed by atoms with Crippen molar-refractivity contribution in [1.82, 2.24) is 0 Å². The molecule has 0 radical (unpaired) electrons. The lowest BCUT2D eigenvalue weighted by atomic mass is 9.93. The van der Waals surface area contributed by atoms with Gasteiger partial charge in [0, 0.05) is 0 Å². The second-order valence-corrected chi connectivity index (χ2v) is 4.08. The van der Waals surface area contributed by atoms with Crippen molar-refractivity contribution < 1.29 is 4.74 Å². The molecule has 84 valence electrons. The molecule has 1 aromatic carbocycles. The summed E-state index contributed by atoms with van der Waals surface area (Å²) in [4.78, 5) is 0. The van der Waals surface area contributed by atoms with Crippen LogP contribution in [0.2, 0.25) is 0 Å². The van der Waals surface area contributed by atoms with Crippen molar-refractivity contribution in [1.29, 1.82) is 0 Å². The van der Waals surface area contributed by atoms with Crippen molar-refractivity contribution in [3.05, 3.63) is 59.9 Å². The molecule has 1 nitrogen and oxygen atoms in total. The van der Waals surface area contributed by atoms with E-state index in [4.69, 9.17) is 4.74 Å². The quantitative estimate of drug-likeness (QED) is 0.742. The van der Waals surface area contributed by atoms with Crippen LogP contribution in [0.25, 0.3) is 0 Å². The molecule has 0 heterocycles. The van der Waals surface area contributed by atoms with E-state index >= 15 is 0 Å². The summed E-state index contributed by atoms with van der Waals surface area (Å²) in [6.07, 6.45) is 8.75. The molecule has 1 aliphatic rings. The molecular weight excluding hydrogens is 196 g/mol. The minimum atomic E-state index is 0.617. The molecular formula is C15H18O. The van der Waals surface area contributed by atoms with Gasteiger partial charge in [-0.3, -0.25) is 0 Å². The second kappa shape index (κ2) is 5.55. The summed E-state index contributed by atoms with van der Waals surface area (Å²) in [5.74, 6) is 1.64. The van der Waals surface area contributed by atoms with E-state index in [1.165, 1.54) is 5.56 Å². The third-order valence-electron chi connectivity index (χ3n) is 2.81. The Balaban J connectivity index is 1.89. The Bertz CT molecular complexity index is 376. The van der Waals surface area contributed by atoms with Crippen LogP contribution in [0, 0.1) is 5.92 Å². The summed E-state index contributed by atoms with van der Waals surface area (Å²) in [6.45, 7) is 2.77. The van der Waals surface area contributed by atoms with Crippen LogP contribution in [0.15, 0.2) is 54.3 Å². The molecule has 0 amide bonds. The highest BCUT2D eigenvalue weighted by Crippen LogP contribution is 2.20. The minimum Gasteiger partial charge on any atom is -0.494 e. The zero-order valence-electron chi connectivity index (χ0n) is 9.73. The maximum atomic E-state index is 5.46. The third-order valence-corrected chi connectivity index (χ3v) is 2.81. The van der Waals surface area contributed by atoms with Gasteiger partial charge in [-0.05, 0) is 43.4 Å². The molecule has 0 spiro atoms. The van der Waals surface area contributed by atoms with Gasteiger partial charge in [0.25, 0.3) is 0 Å². The maximum absolute atomic E-state index is 5.46. The molecule has 0 saturated heterocycles. The van der Waals surface area contributed by atoms with Gasteiger partial charge < -0.3 is 4.74 Å². The largest absolute Gasteiger partial charge is 0.494 e. The number of hydrogen-bond acceptors (Lipinski definition) is 1. The molecule has 1 aromatic rings. The first-order valence-corrected chi connectivity index (χ1v) is 5.93. The molecule has 1 atom stereocenters. The number of benzene rings is 1. The molecule has 1 heteroatoms. The fraction of sp³-hybridized carbons (Fsp3) is 0.333. The maximum Gasteiger partial charge on any atom is 0.115 e. The van der Waals surface area contributed by atoms with Crippen molar-refractivity contribution in [2.24, 2.45) is 5.92 Å². The minimum absolute atomic E-state index is 0.617. The Hall–Kier alpha value is -1.50. The van der Waals surface area contributed by atoms with Crippen molar-refractivity contribution in [2.75, 3.05) is 6.61 Å². The van der Waals surface area contributed by atoms with Gasteiger partial charge in [-0.25, -0.2) is 0 Å². The van der Waals surface area contributed by atoms with Crippen molar-refractivity contribution >= 4 is 0 Å². The summed E-state index contributed by atoms with van der Waals surface area (Å²) in [7, 11) is 0. The Kier molecular flexibility index (Phi) is 3.81. The zero-order chi connectivity index (χ0) is 11.2. The lowest BCUT2D eigenvalue weighted by Gasteiger charge is -2.16. The highest BCUT2D eigenvalue weighted by atomic mass is 16.5. The van der Waals surface area contributed by atoms with Crippen molar-refractivity contribution in [3.8, 4) is 0 Å². The number of ether oxygens (including phenoxy) is 1.